The van der Waals surface area contributed by atoms with Crippen molar-refractivity contribution in [2.45, 2.75) is 6.92 Å². The number of carboxylic acids is 1. The highest BCUT2D eigenvalue weighted by molar-refractivity contribution is 9.10. The van der Waals surface area contributed by atoms with Crippen molar-refractivity contribution < 1.29 is 9.90 Å². The predicted octanol–water partition coefficient (Wildman–Crippen LogP) is 3.66. The van der Waals surface area contributed by atoms with Crippen LogP contribution in [0.2, 0.25) is 0 Å². The number of halogens is 1. The van der Waals surface area contributed by atoms with Gasteiger partial charge in [0.25, 0.3) is 0 Å². The fourth-order valence-electron chi connectivity index (χ4n) is 1.30. The SMILES string of the molecule is Cc1csc(Nc2ccc(Br)c(C(=O)O)c2)n1. The number of rotatable bonds is 3. The summed E-state index contributed by atoms with van der Waals surface area (Å²) in [6.45, 7) is 1.91. The monoisotopic (exact) mass is 312 g/mol. The number of aromatic carboxylic acids is 1. The lowest BCUT2D eigenvalue weighted by Gasteiger charge is -2.05. The molecule has 0 saturated heterocycles. The molecule has 1 aromatic carbocycles. The summed E-state index contributed by atoms with van der Waals surface area (Å²) in [7, 11) is 0. The fourth-order valence-corrected chi connectivity index (χ4v) is 2.43. The summed E-state index contributed by atoms with van der Waals surface area (Å²) in [5.74, 6) is -0.962. The van der Waals surface area contributed by atoms with E-state index < -0.39 is 5.97 Å². The topological polar surface area (TPSA) is 62.2 Å². The lowest BCUT2D eigenvalue weighted by atomic mass is 10.2. The van der Waals surface area contributed by atoms with Crippen LogP contribution in [0.5, 0.6) is 0 Å². The molecule has 1 aromatic heterocycles. The number of aryl methyl sites for hydroxylation is 1. The van der Waals surface area contributed by atoms with Gasteiger partial charge in [0.15, 0.2) is 5.13 Å². The number of anilines is 2. The molecule has 0 atom stereocenters. The van der Waals surface area contributed by atoms with Gasteiger partial charge in [0.1, 0.15) is 0 Å². The van der Waals surface area contributed by atoms with E-state index in [0.29, 0.717) is 10.2 Å². The zero-order chi connectivity index (χ0) is 12.4. The van der Waals surface area contributed by atoms with E-state index in [-0.39, 0.29) is 5.56 Å². The third kappa shape index (κ3) is 2.83. The average molecular weight is 313 g/mol. The normalized spacial score (nSPS) is 10.2. The number of nitrogens with zero attached hydrogens (tertiary/aromatic N) is 1. The smallest absolute Gasteiger partial charge is 0.336 e. The maximum absolute atomic E-state index is 11.0. The molecule has 0 unspecified atom stereocenters. The Morgan fingerprint density at radius 3 is 2.88 bits per heavy atom. The molecule has 17 heavy (non-hydrogen) atoms. The van der Waals surface area contributed by atoms with E-state index in [2.05, 4.69) is 26.2 Å². The van der Waals surface area contributed by atoms with Crippen LogP contribution in [-0.2, 0) is 0 Å². The second kappa shape index (κ2) is 4.85. The molecule has 0 aliphatic rings. The molecule has 2 aromatic rings. The molecule has 0 aliphatic carbocycles. The van der Waals surface area contributed by atoms with Gasteiger partial charge in [-0.1, -0.05) is 0 Å². The molecule has 0 aliphatic heterocycles. The van der Waals surface area contributed by atoms with Gasteiger partial charge in [-0.15, -0.1) is 11.3 Å². The van der Waals surface area contributed by atoms with Gasteiger partial charge in [-0.2, -0.15) is 0 Å². The van der Waals surface area contributed by atoms with E-state index >= 15 is 0 Å². The van der Waals surface area contributed by atoms with E-state index in [1.165, 1.54) is 11.3 Å². The Labute approximate surface area is 110 Å². The van der Waals surface area contributed by atoms with Crippen LogP contribution < -0.4 is 5.32 Å². The Morgan fingerprint density at radius 2 is 2.29 bits per heavy atom. The Balaban J connectivity index is 2.28. The molecular formula is C11H9BrN2O2S. The van der Waals surface area contributed by atoms with Crippen LogP contribution in [-0.4, -0.2) is 16.1 Å². The minimum atomic E-state index is -0.962. The first-order chi connectivity index (χ1) is 8.06. The predicted molar refractivity (Wildman–Crippen MR) is 71.2 cm³/mol. The molecule has 0 saturated carbocycles. The zero-order valence-corrected chi connectivity index (χ0v) is 11.3. The van der Waals surface area contributed by atoms with Gasteiger partial charge in [0, 0.05) is 15.5 Å². The number of carbonyl (C=O) groups is 1. The second-order valence-corrected chi connectivity index (χ2v) is 5.13. The van der Waals surface area contributed by atoms with Crippen LogP contribution in [0.15, 0.2) is 28.1 Å². The largest absolute Gasteiger partial charge is 0.478 e. The number of thiazole rings is 1. The van der Waals surface area contributed by atoms with Crippen LogP contribution in [0.3, 0.4) is 0 Å². The van der Waals surface area contributed by atoms with Crippen molar-refractivity contribution in [1.82, 2.24) is 4.98 Å². The Hall–Kier alpha value is -1.40. The van der Waals surface area contributed by atoms with Gasteiger partial charge in [-0.05, 0) is 41.1 Å². The van der Waals surface area contributed by atoms with Gasteiger partial charge < -0.3 is 10.4 Å². The number of aromatic nitrogens is 1. The Bertz CT molecular complexity index is 568. The summed E-state index contributed by atoms with van der Waals surface area (Å²) in [5, 5.41) is 14.7. The Morgan fingerprint density at radius 1 is 1.53 bits per heavy atom. The maximum Gasteiger partial charge on any atom is 0.336 e. The summed E-state index contributed by atoms with van der Waals surface area (Å²) < 4.78 is 0.561. The van der Waals surface area contributed by atoms with Crippen LogP contribution >= 0.6 is 27.3 Å². The first-order valence-corrected chi connectivity index (χ1v) is 6.45. The number of hydrogen-bond donors (Lipinski definition) is 2. The summed E-state index contributed by atoms with van der Waals surface area (Å²) in [6, 6.07) is 5.07. The van der Waals surface area contributed by atoms with Crippen molar-refractivity contribution in [2.75, 3.05) is 5.32 Å². The van der Waals surface area contributed by atoms with Crippen molar-refractivity contribution in [3.8, 4) is 0 Å². The molecule has 0 spiro atoms. The van der Waals surface area contributed by atoms with Crippen LogP contribution in [0.4, 0.5) is 10.8 Å². The first kappa shape index (κ1) is 12.1. The van der Waals surface area contributed by atoms with Gasteiger partial charge in [0.05, 0.1) is 11.3 Å². The highest BCUT2D eigenvalue weighted by Gasteiger charge is 2.09. The van der Waals surface area contributed by atoms with Crippen LogP contribution in [0.1, 0.15) is 16.1 Å². The lowest BCUT2D eigenvalue weighted by molar-refractivity contribution is 0.0696. The van der Waals surface area contributed by atoms with Crippen molar-refractivity contribution in [2.24, 2.45) is 0 Å². The van der Waals surface area contributed by atoms with E-state index in [4.69, 9.17) is 5.11 Å². The van der Waals surface area contributed by atoms with E-state index in [1.54, 1.807) is 18.2 Å². The van der Waals surface area contributed by atoms with Gasteiger partial charge in [-0.25, -0.2) is 9.78 Å². The third-order valence-electron chi connectivity index (χ3n) is 2.07. The van der Waals surface area contributed by atoms with Crippen molar-refractivity contribution >= 4 is 44.1 Å². The van der Waals surface area contributed by atoms with E-state index in [0.717, 1.165) is 10.8 Å². The quantitative estimate of drug-likeness (QED) is 0.908. The summed E-state index contributed by atoms with van der Waals surface area (Å²) >= 11 is 4.68. The zero-order valence-electron chi connectivity index (χ0n) is 8.90. The maximum atomic E-state index is 11.0. The highest BCUT2D eigenvalue weighted by Crippen LogP contribution is 2.25. The minimum Gasteiger partial charge on any atom is -0.478 e. The van der Waals surface area contributed by atoms with Gasteiger partial charge in [-0.3, -0.25) is 0 Å². The molecule has 6 heteroatoms. The fraction of sp³-hybridized carbons (Fsp3) is 0.0909. The third-order valence-corrected chi connectivity index (χ3v) is 3.63. The number of benzene rings is 1. The molecular weight excluding hydrogens is 304 g/mol. The average Bonchev–Trinajstić information content (AvgIpc) is 2.66. The molecule has 2 N–H and O–H groups in total. The number of nitrogens with one attached hydrogen (secondary N) is 1. The first-order valence-electron chi connectivity index (χ1n) is 4.78. The van der Waals surface area contributed by atoms with Crippen molar-refractivity contribution in [1.29, 1.82) is 0 Å². The molecule has 0 bridgehead atoms. The molecule has 0 amide bonds. The molecule has 0 radical (unpaired) electrons. The number of carboxylic acid groups (broad SMARTS) is 1. The highest BCUT2D eigenvalue weighted by atomic mass is 79.9. The Kier molecular flexibility index (Phi) is 3.44. The minimum absolute atomic E-state index is 0.225. The van der Waals surface area contributed by atoms with Crippen LogP contribution in [0, 0.1) is 6.92 Å². The second-order valence-electron chi connectivity index (χ2n) is 3.42. The summed E-state index contributed by atoms with van der Waals surface area (Å²) in [6.07, 6.45) is 0. The van der Waals surface area contributed by atoms with Crippen LogP contribution in [0.25, 0.3) is 0 Å². The molecule has 0 fully saturated rings. The van der Waals surface area contributed by atoms with Gasteiger partial charge >= 0.3 is 5.97 Å². The molecule has 1 heterocycles. The standard InChI is InChI=1S/C11H9BrN2O2S/c1-6-5-17-11(13-6)14-7-2-3-9(12)8(4-7)10(15)16/h2-5H,1H3,(H,13,14)(H,15,16). The van der Waals surface area contributed by atoms with E-state index in [9.17, 15) is 4.79 Å². The van der Waals surface area contributed by atoms with Crippen molar-refractivity contribution in [3.63, 3.8) is 0 Å². The van der Waals surface area contributed by atoms with E-state index in [1.807, 2.05) is 12.3 Å². The molecule has 2 rings (SSSR count). The lowest BCUT2D eigenvalue weighted by Crippen LogP contribution is -1.99. The number of hydrogen-bond acceptors (Lipinski definition) is 4. The summed E-state index contributed by atoms with van der Waals surface area (Å²) in [5.41, 5.74) is 1.87. The van der Waals surface area contributed by atoms with Gasteiger partial charge in [0.2, 0.25) is 0 Å². The van der Waals surface area contributed by atoms with Crippen molar-refractivity contribution in [3.05, 3.63) is 39.3 Å². The molecule has 4 nitrogen and oxygen atoms in total. The molecule has 88 valence electrons. The summed E-state index contributed by atoms with van der Waals surface area (Å²) in [4.78, 5) is 15.2.